The van der Waals surface area contributed by atoms with E-state index in [1.54, 1.807) is 20.4 Å². The molecule has 1 aromatic heterocycles. The van der Waals surface area contributed by atoms with Crippen LogP contribution in [0.25, 0.3) is 0 Å². The highest BCUT2D eigenvalue weighted by Crippen LogP contribution is 2.26. The summed E-state index contributed by atoms with van der Waals surface area (Å²) < 4.78 is 12.7. The number of halogens is 1. The van der Waals surface area contributed by atoms with Crippen molar-refractivity contribution in [3.8, 4) is 11.5 Å². The number of imidazole rings is 1. The molecule has 2 aromatic rings. The van der Waals surface area contributed by atoms with Gasteiger partial charge in [-0.15, -0.1) is 12.4 Å². The second kappa shape index (κ2) is 9.62. The minimum absolute atomic E-state index is 0. The van der Waals surface area contributed by atoms with Crippen LogP contribution < -0.4 is 14.8 Å². The molecule has 0 saturated carbocycles. The van der Waals surface area contributed by atoms with Gasteiger partial charge in [-0.25, -0.2) is 4.98 Å². The molecule has 1 aliphatic rings. The van der Waals surface area contributed by atoms with Crippen molar-refractivity contribution >= 4 is 18.3 Å². The zero-order valence-corrected chi connectivity index (χ0v) is 16.8. The van der Waals surface area contributed by atoms with E-state index in [2.05, 4.69) is 10.3 Å². The number of ether oxygens (including phenoxy) is 2. The van der Waals surface area contributed by atoms with Gasteiger partial charge >= 0.3 is 0 Å². The number of piperazine rings is 1. The van der Waals surface area contributed by atoms with Gasteiger partial charge < -0.3 is 24.3 Å². The lowest BCUT2D eigenvalue weighted by Crippen LogP contribution is -2.49. The largest absolute Gasteiger partial charge is 0.497 e. The lowest BCUT2D eigenvalue weighted by atomic mass is 10.1. The van der Waals surface area contributed by atoms with E-state index < -0.39 is 0 Å². The highest BCUT2D eigenvalue weighted by molar-refractivity contribution is 5.85. The van der Waals surface area contributed by atoms with Crippen LogP contribution in [0.15, 0.2) is 30.6 Å². The summed E-state index contributed by atoms with van der Waals surface area (Å²) in [5, 5.41) is 3.36. The van der Waals surface area contributed by atoms with E-state index in [1.807, 2.05) is 40.9 Å². The summed E-state index contributed by atoms with van der Waals surface area (Å²) in [4.78, 5) is 19.3. The molecule has 148 valence electrons. The van der Waals surface area contributed by atoms with Gasteiger partial charge in [-0.3, -0.25) is 4.79 Å². The molecule has 2 heterocycles. The average molecular weight is 395 g/mol. The van der Waals surface area contributed by atoms with E-state index in [0.717, 1.165) is 36.0 Å². The first-order chi connectivity index (χ1) is 12.6. The first kappa shape index (κ1) is 21.1. The zero-order valence-electron chi connectivity index (χ0n) is 16.0. The van der Waals surface area contributed by atoms with Crippen LogP contribution >= 0.6 is 12.4 Å². The summed E-state index contributed by atoms with van der Waals surface area (Å²) >= 11 is 0. The summed E-state index contributed by atoms with van der Waals surface area (Å²) in [6.07, 6.45) is 4.71. The molecule has 1 aliphatic heterocycles. The number of rotatable bonds is 6. The highest BCUT2D eigenvalue weighted by atomic mass is 35.5. The fourth-order valence-corrected chi connectivity index (χ4v) is 3.39. The Balaban J connectivity index is 0.00000261. The fourth-order valence-electron chi connectivity index (χ4n) is 3.39. The normalized spacial score (nSPS) is 16.6. The molecule has 0 radical (unpaired) electrons. The van der Waals surface area contributed by atoms with E-state index in [9.17, 15) is 4.79 Å². The average Bonchev–Trinajstić information content (AvgIpc) is 3.11. The Hall–Kier alpha value is -2.25. The number of carbonyl (C=O) groups is 1. The number of benzene rings is 1. The van der Waals surface area contributed by atoms with Gasteiger partial charge in [0.2, 0.25) is 5.91 Å². The number of aromatic nitrogens is 2. The van der Waals surface area contributed by atoms with Gasteiger partial charge in [-0.1, -0.05) is 0 Å². The molecule has 8 heteroatoms. The Morgan fingerprint density at radius 1 is 1.33 bits per heavy atom. The predicted octanol–water partition coefficient (Wildman–Crippen LogP) is 1.96. The summed E-state index contributed by atoms with van der Waals surface area (Å²) in [6, 6.07) is 5.63. The quantitative estimate of drug-likeness (QED) is 0.811. The molecule has 1 fully saturated rings. The molecule has 1 N–H and O–H groups in total. The Kier molecular flexibility index (Phi) is 7.50. The SMILES string of the molecule is COc1ccc(OC)c(CCC(=O)N2CCNCC2c2nccn2C)c1.Cl. The van der Waals surface area contributed by atoms with Crippen LogP contribution in [0.1, 0.15) is 23.9 Å². The third-order valence-electron chi connectivity index (χ3n) is 4.82. The van der Waals surface area contributed by atoms with Gasteiger partial charge in [0, 0.05) is 45.5 Å². The van der Waals surface area contributed by atoms with Crippen molar-refractivity contribution in [3.63, 3.8) is 0 Å². The van der Waals surface area contributed by atoms with Crippen LogP contribution in [0.5, 0.6) is 11.5 Å². The Bertz CT molecular complexity index is 765. The predicted molar refractivity (Wildman–Crippen MR) is 106 cm³/mol. The summed E-state index contributed by atoms with van der Waals surface area (Å²) in [5.74, 6) is 2.58. The third kappa shape index (κ3) is 4.73. The number of amides is 1. The molecular formula is C19H27ClN4O3. The monoisotopic (exact) mass is 394 g/mol. The molecule has 3 rings (SSSR count). The smallest absolute Gasteiger partial charge is 0.223 e. The van der Waals surface area contributed by atoms with Crippen LogP contribution in [0, 0.1) is 0 Å². The molecule has 0 spiro atoms. The van der Waals surface area contributed by atoms with Gasteiger partial charge in [0.1, 0.15) is 23.4 Å². The Morgan fingerprint density at radius 3 is 2.81 bits per heavy atom. The molecule has 7 nitrogen and oxygen atoms in total. The molecule has 1 amide bonds. The molecule has 1 saturated heterocycles. The van der Waals surface area contributed by atoms with Crippen molar-refractivity contribution in [2.24, 2.45) is 7.05 Å². The van der Waals surface area contributed by atoms with Crippen LogP contribution in [0.2, 0.25) is 0 Å². The summed E-state index contributed by atoms with van der Waals surface area (Å²) in [7, 11) is 5.23. The number of nitrogens with one attached hydrogen (secondary N) is 1. The van der Waals surface area contributed by atoms with Gasteiger partial charge in [0.05, 0.1) is 14.2 Å². The van der Waals surface area contributed by atoms with Crippen molar-refractivity contribution in [1.82, 2.24) is 19.8 Å². The van der Waals surface area contributed by atoms with E-state index in [4.69, 9.17) is 9.47 Å². The fraction of sp³-hybridized carbons (Fsp3) is 0.474. The number of hydrogen-bond acceptors (Lipinski definition) is 5. The maximum atomic E-state index is 12.9. The molecule has 1 atom stereocenters. The minimum atomic E-state index is -0.0385. The molecule has 0 aliphatic carbocycles. The first-order valence-corrected chi connectivity index (χ1v) is 8.82. The topological polar surface area (TPSA) is 68.6 Å². The van der Waals surface area contributed by atoms with E-state index in [0.29, 0.717) is 19.4 Å². The lowest BCUT2D eigenvalue weighted by molar-refractivity contribution is -0.134. The highest BCUT2D eigenvalue weighted by Gasteiger charge is 2.30. The summed E-state index contributed by atoms with van der Waals surface area (Å²) in [5.41, 5.74) is 0.976. The van der Waals surface area contributed by atoms with Gasteiger partial charge in [0.15, 0.2) is 0 Å². The van der Waals surface area contributed by atoms with Crippen molar-refractivity contribution in [2.75, 3.05) is 33.9 Å². The van der Waals surface area contributed by atoms with Crippen LogP contribution in [0.3, 0.4) is 0 Å². The molecule has 1 unspecified atom stereocenters. The third-order valence-corrected chi connectivity index (χ3v) is 4.82. The zero-order chi connectivity index (χ0) is 18.5. The van der Waals surface area contributed by atoms with Crippen molar-refractivity contribution in [1.29, 1.82) is 0 Å². The molecule has 27 heavy (non-hydrogen) atoms. The van der Waals surface area contributed by atoms with Crippen LogP contribution in [-0.4, -0.2) is 54.2 Å². The number of carbonyl (C=O) groups excluding carboxylic acids is 1. The second-order valence-electron chi connectivity index (χ2n) is 6.38. The maximum absolute atomic E-state index is 12.9. The van der Waals surface area contributed by atoms with Gasteiger partial charge in [-0.05, 0) is 30.2 Å². The van der Waals surface area contributed by atoms with Crippen molar-refractivity contribution < 1.29 is 14.3 Å². The van der Waals surface area contributed by atoms with Crippen LogP contribution in [0.4, 0.5) is 0 Å². The molecular weight excluding hydrogens is 368 g/mol. The van der Waals surface area contributed by atoms with Crippen molar-refractivity contribution in [2.45, 2.75) is 18.9 Å². The second-order valence-corrected chi connectivity index (χ2v) is 6.38. The van der Waals surface area contributed by atoms with Crippen LogP contribution in [-0.2, 0) is 18.3 Å². The van der Waals surface area contributed by atoms with Gasteiger partial charge in [0.25, 0.3) is 0 Å². The van der Waals surface area contributed by atoms with E-state index in [1.165, 1.54) is 0 Å². The lowest BCUT2D eigenvalue weighted by Gasteiger charge is -2.36. The minimum Gasteiger partial charge on any atom is -0.497 e. The number of aryl methyl sites for hydroxylation is 2. The summed E-state index contributed by atoms with van der Waals surface area (Å²) in [6.45, 7) is 2.21. The van der Waals surface area contributed by atoms with Gasteiger partial charge in [-0.2, -0.15) is 0 Å². The standard InChI is InChI=1S/C19H26N4O3.ClH/c1-22-10-9-21-19(22)16-13-20-8-11-23(16)18(24)7-4-14-12-15(25-2)5-6-17(14)26-3;/h5-6,9-10,12,16,20H,4,7-8,11,13H2,1-3H3;1H. The Morgan fingerprint density at radius 2 is 2.15 bits per heavy atom. The Labute approximate surface area is 166 Å². The first-order valence-electron chi connectivity index (χ1n) is 8.82. The van der Waals surface area contributed by atoms with E-state index >= 15 is 0 Å². The molecule has 0 bridgehead atoms. The maximum Gasteiger partial charge on any atom is 0.223 e. The number of methoxy groups -OCH3 is 2. The number of nitrogens with zero attached hydrogens (tertiary/aromatic N) is 3. The van der Waals surface area contributed by atoms with Crippen molar-refractivity contribution in [3.05, 3.63) is 42.0 Å². The molecule has 1 aromatic carbocycles. The number of hydrogen-bond donors (Lipinski definition) is 1. The van der Waals surface area contributed by atoms with E-state index in [-0.39, 0.29) is 24.4 Å².